The Labute approximate surface area is 122 Å². The second-order valence-corrected chi connectivity index (χ2v) is 8.24. The van der Waals surface area contributed by atoms with Crippen molar-refractivity contribution in [1.29, 1.82) is 0 Å². The van der Waals surface area contributed by atoms with Crippen LogP contribution in [0.3, 0.4) is 0 Å². The number of nitrogens with zero attached hydrogens (tertiary/aromatic N) is 1. The molecule has 1 rings (SSSR count). The maximum absolute atomic E-state index is 2.53. The lowest BCUT2D eigenvalue weighted by atomic mass is 9.84. The summed E-state index contributed by atoms with van der Waals surface area (Å²) in [4.78, 5) is 0. The van der Waals surface area contributed by atoms with Crippen molar-refractivity contribution in [2.45, 2.75) is 72.3 Å². The minimum atomic E-state index is 0.371. The third kappa shape index (κ3) is 6.03. The average molecular weight is 288 g/mol. The van der Waals surface area contributed by atoms with Crippen molar-refractivity contribution in [1.82, 2.24) is 3.71 Å². The van der Waals surface area contributed by atoms with E-state index in [1.165, 1.54) is 38.5 Å². The first kappa shape index (κ1) is 16.5. The van der Waals surface area contributed by atoms with Crippen molar-refractivity contribution in [2.24, 2.45) is 5.41 Å². The monoisotopic (exact) mass is 287 g/mol. The highest BCUT2D eigenvalue weighted by atomic mass is 32.2. The van der Waals surface area contributed by atoms with Crippen LogP contribution in [-0.2, 0) is 0 Å². The van der Waals surface area contributed by atoms with Gasteiger partial charge in [-0.2, -0.15) is 3.71 Å². The SMILES string of the molecule is CCCCCCCC(N1SC=CCS1)C(C)(C)C. The van der Waals surface area contributed by atoms with Crippen LogP contribution in [0.25, 0.3) is 0 Å². The van der Waals surface area contributed by atoms with E-state index in [2.05, 4.69) is 42.9 Å². The minimum Gasteiger partial charge on any atom is -0.187 e. The molecule has 0 bridgehead atoms. The summed E-state index contributed by atoms with van der Waals surface area (Å²) in [7, 11) is 0. The van der Waals surface area contributed by atoms with E-state index < -0.39 is 0 Å². The maximum atomic E-state index is 2.53. The third-order valence-corrected chi connectivity index (χ3v) is 5.60. The lowest BCUT2D eigenvalue weighted by molar-refractivity contribution is 0.235. The number of rotatable bonds is 7. The largest absolute Gasteiger partial charge is 0.187 e. The predicted octanol–water partition coefficient (Wildman–Crippen LogP) is 5.89. The molecule has 1 aliphatic rings. The fourth-order valence-electron chi connectivity index (χ4n) is 2.25. The Balaban J connectivity index is 2.39. The van der Waals surface area contributed by atoms with Gasteiger partial charge in [0, 0.05) is 11.8 Å². The highest BCUT2D eigenvalue weighted by Gasteiger charge is 2.31. The highest BCUT2D eigenvalue weighted by molar-refractivity contribution is 8.14. The zero-order valence-corrected chi connectivity index (χ0v) is 14.1. The molecule has 1 nitrogen and oxygen atoms in total. The molecular weight excluding hydrogens is 258 g/mol. The molecule has 0 aliphatic carbocycles. The van der Waals surface area contributed by atoms with Crippen LogP contribution in [0.1, 0.15) is 66.2 Å². The van der Waals surface area contributed by atoms with Gasteiger partial charge in [0.2, 0.25) is 0 Å². The van der Waals surface area contributed by atoms with Crippen molar-refractivity contribution >= 4 is 23.9 Å². The van der Waals surface area contributed by atoms with Gasteiger partial charge in [-0.05, 0) is 29.2 Å². The van der Waals surface area contributed by atoms with Gasteiger partial charge in [-0.1, -0.05) is 77.8 Å². The number of hydrogen-bond donors (Lipinski definition) is 0. The van der Waals surface area contributed by atoms with Crippen LogP contribution in [-0.4, -0.2) is 15.5 Å². The number of hydrogen-bond acceptors (Lipinski definition) is 3. The van der Waals surface area contributed by atoms with Crippen molar-refractivity contribution in [3.8, 4) is 0 Å². The Morgan fingerprint density at radius 3 is 2.44 bits per heavy atom. The molecule has 0 saturated carbocycles. The van der Waals surface area contributed by atoms with Gasteiger partial charge in [0.25, 0.3) is 0 Å². The topological polar surface area (TPSA) is 3.24 Å². The Kier molecular flexibility index (Phi) is 7.81. The lowest BCUT2D eigenvalue weighted by Crippen LogP contribution is -2.37. The molecule has 106 valence electrons. The van der Waals surface area contributed by atoms with Gasteiger partial charge >= 0.3 is 0 Å². The van der Waals surface area contributed by atoms with Gasteiger partial charge in [-0.15, -0.1) is 0 Å². The lowest BCUT2D eigenvalue weighted by Gasteiger charge is -2.39. The quantitative estimate of drug-likeness (QED) is 0.425. The first-order valence-corrected chi connectivity index (χ1v) is 9.07. The van der Waals surface area contributed by atoms with E-state index in [0.717, 1.165) is 5.75 Å². The summed E-state index contributed by atoms with van der Waals surface area (Å²) in [5.74, 6) is 1.13. The summed E-state index contributed by atoms with van der Waals surface area (Å²) in [6.45, 7) is 9.42. The van der Waals surface area contributed by atoms with E-state index in [0.29, 0.717) is 11.5 Å². The molecule has 0 radical (unpaired) electrons. The summed E-state index contributed by atoms with van der Waals surface area (Å²) in [5, 5.41) is 2.24. The highest BCUT2D eigenvalue weighted by Crippen LogP contribution is 2.39. The van der Waals surface area contributed by atoms with Crippen LogP contribution in [0.4, 0.5) is 0 Å². The molecule has 0 aromatic carbocycles. The Morgan fingerprint density at radius 1 is 1.17 bits per heavy atom. The zero-order chi connectivity index (χ0) is 13.4. The van der Waals surface area contributed by atoms with Crippen LogP contribution in [0.15, 0.2) is 11.5 Å². The van der Waals surface area contributed by atoms with Gasteiger partial charge in [0.15, 0.2) is 0 Å². The average Bonchev–Trinajstić information content (AvgIpc) is 2.33. The molecule has 1 unspecified atom stereocenters. The first-order chi connectivity index (χ1) is 8.55. The summed E-state index contributed by atoms with van der Waals surface area (Å²) in [5.41, 5.74) is 0.371. The van der Waals surface area contributed by atoms with E-state index >= 15 is 0 Å². The molecule has 0 N–H and O–H groups in total. The van der Waals surface area contributed by atoms with Gasteiger partial charge in [-0.3, -0.25) is 0 Å². The number of unbranched alkanes of at least 4 members (excludes halogenated alkanes) is 4. The predicted molar refractivity (Wildman–Crippen MR) is 87.6 cm³/mol. The maximum Gasteiger partial charge on any atom is 0.0366 e. The first-order valence-electron chi connectivity index (χ1n) is 7.29. The van der Waals surface area contributed by atoms with Gasteiger partial charge in [-0.25, -0.2) is 0 Å². The molecule has 0 aromatic rings. The smallest absolute Gasteiger partial charge is 0.0366 e. The molecule has 1 heterocycles. The molecule has 0 fully saturated rings. The standard InChI is InChI=1S/C15H29NS2/c1-5-6-7-8-9-11-14(15(2,3)4)16-17-12-10-13-18-16/h10,12,14H,5-9,11,13H2,1-4H3. The van der Waals surface area contributed by atoms with Gasteiger partial charge in [0.05, 0.1) is 0 Å². The molecule has 0 amide bonds. The normalized spacial score (nSPS) is 19.1. The van der Waals surface area contributed by atoms with Crippen LogP contribution in [0.5, 0.6) is 0 Å². The Morgan fingerprint density at radius 2 is 1.89 bits per heavy atom. The second kappa shape index (κ2) is 8.55. The van der Waals surface area contributed by atoms with Crippen LogP contribution < -0.4 is 0 Å². The molecule has 1 atom stereocenters. The fourth-order valence-corrected chi connectivity index (χ4v) is 4.75. The molecule has 1 aliphatic heterocycles. The summed E-state index contributed by atoms with van der Waals surface area (Å²) in [6, 6.07) is 0.680. The summed E-state index contributed by atoms with van der Waals surface area (Å²) >= 11 is 3.86. The van der Waals surface area contributed by atoms with Crippen molar-refractivity contribution < 1.29 is 0 Å². The summed E-state index contributed by atoms with van der Waals surface area (Å²) in [6.07, 6.45) is 10.5. The van der Waals surface area contributed by atoms with Crippen LogP contribution >= 0.6 is 23.9 Å². The van der Waals surface area contributed by atoms with Gasteiger partial charge < -0.3 is 0 Å². The second-order valence-electron chi connectivity index (χ2n) is 6.14. The molecular formula is C15H29NS2. The van der Waals surface area contributed by atoms with Crippen molar-refractivity contribution in [3.05, 3.63) is 11.5 Å². The molecule has 18 heavy (non-hydrogen) atoms. The molecule has 3 heteroatoms. The molecule has 0 spiro atoms. The van der Waals surface area contributed by atoms with E-state index in [4.69, 9.17) is 0 Å². The van der Waals surface area contributed by atoms with E-state index in [-0.39, 0.29) is 0 Å². The zero-order valence-electron chi connectivity index (χ0n) is 12.4. The molecule has 0 aromatic heterocycles. The van der Waals surface area contributed by atoms with Crippen LogP contribution in [0, 0.1) is 5.41 Å². The molecule has 0 saturated heterocycles. The Bertz CT molecular complexity index is 245. The van der Waals surface area contributed by atoms with Crippen molar-refractivity contribution in [3.63, 3.8) is 0 Å². The van der Waals surface area contributed by atoms with E-state index in [9.17, 15) is 0 Å². The van der Waals surface area contributed by atoms with E-state index in [1.54, 1.807) is 0 Å². The third-order valence-electron chi connectivity index (χ3n) is 3.39. The fraction of sp³-hybridized carbons (Fsp3) is 0.867. The van der Waals surface area contributed by atoms with Crippen molar-refractivity contribution in [2.75, 3.05) is 5.75 Å². The Hall–Kier alpha value is 0.400. The van der Waals surface area contributed by atoms with Gasteiger partial charge in [0.1, 0.15) is 0 Å². The summed E-state index contributed by atoms with van der Waals surface area (Å²) < 4.78 is 2.53. The van der Waals surface area contributed by atoms with E-state index in [1.807, 2.05) is 23.9 Å². The van der Waals surface area contributed by atoms with Crippen LogP contribution in [0.2, 0.25) is 0 Å². The minimum absolute atomic E-state index is 0.371.